The first-order chi connectivity index (χ1) is 67.4. The molecule has 0 fully saturated rings. The van der Waals surface area contributed by atoms with Crippen molar-refractivity contribution in [1.82, 2.24) is 18.3 Å². The third-order valence-corrected chi connectivity index (χ3v) is 28.6. The minimum absolute atomic E-state index is 1.14. The summed E-state index contributed by atoms with van der Waals surface area (Å²) < 4.78 is 9.66. The van der Waals surface area contributed by atoms with Gasteiger partial charge in [-0.05, 0) is 287 Å². The van der Waals surface area contributed by atoms with Crippen LogP contribution in [0.2, 0.25) is 0 Å². The second-order valence-electron chi connectivity index (χ2n) is 36.2. The van der Waals surface area contributed by atoms with Crippen LogP contribution < -0.4 is 0 Å². The number of para-hydroxylation sites is 4. The molecule has 632 valence electrons. The molecule has 0 bridgehead atoms. The molecule has 0 unspecified atom stereocenters. The third-order valence-electron chi connectivity index (χ3n) is 28.6. The molecule has 0 aliphatic heterocycles. The lowest BCUT2D eigenvalue weighted by Crippen LogP contribution is -1.94. The quantitative estimate of drug-likeness (QED) is 0.109. The van der Waals surface area contributed by atoms with Gasteiger partial charge in [0.05, 0.1) is 44.1 Å². The lowest BCUT2D eigenvalue weighted by molar-refractivity contribution is 1.18. The highest BCUT2D eigenvalue weighted by atomic mass is 15.0. The molecule has 4 nitrogen and oxygen atoms in total. The average Bonchev–Trinajstić information content (AvgIpc) is 1.57. The van der Waals surface area contributed by atoms with Gasteiger partial charge in [0.2, 0.25) is 0 Å². The molecule has 28 rings (SSSR count). The smallest absolute Gasteiger partial charge is 0.0541 e. The monoisotopic (exact) mass is 1720 g/mol. The molecule has 4 heterocycles. The minimum atomic E-state index is 1.14. The van der Waals surface area contributed by atoms with Gasteiger partial charge in [0.1, 0.15) is 0 Å². The third kappa shape index (κ3) is 13.1. The number of nitrogens with zero attached hydrogens (tertiary/aromatic N) is 4. The first-order valence-corrected chi connectivity index (χ1v) is 47.0. The highest BCUT2D eigenvalue weighted by molar-refractivity contribution is 6.23. The Morgan fingerprint density at radius 3 is 0.743 bits per heavy atom. The molecule has 4 aromatic heterocycles. The topological polar surface area (TPSA) is 19.7 Å². The Labute approximate surface area is 785 Å². The van der Waals surface area contributed by atoms with E-state index in [0.717, 1.165) is 22.7 Å². The largest absolute Gasteiger partial charge is 0.309 e. The van der Waals surface area contributed by atoms with Gasteiger partial charge in [0, 0.05) is 65.8 Å². The van der Waals surface area contributed by atoms with E-state index in [0.29, 0.717) is 0 Å². The van der Waals surface area contributed by atoms with Gasteiger partial charge in [-0.1, -0.05) is 376 Å². The molecule has 4 heteroatoms. The van der Waals surface area contributed by atoms with Crippen molar-refractivity contribution in [3.8, 4) is 112 Å². The fraction of sp³-hybridized carbons (Fsp3) is 0. The van der Waals surface area contributed by atoms with Gasteiger partial charge >= 0.3 is 0 Å². The Kier molecular flexibility index (Phi) is 18.3. The fourth-order valence-corrected chi connectivity index (χ4v) is 22.0. The zero-order chi connectivity index (χ0) is 89.4. The number of hydrogen-bond acceptors (Lipinski definition) is 0. The molecule has 0 N–H and O–H groups in total. The van der Waals surface area contributed by atoms with E-state index in [1.807, 2.05) is 0 Å². The molecule has 0 amide bonds. The van der Waals surface area contributed by atoms with Gasteiger partial charge in [-0.3, -0.25) is 0 Å². The summed E-state index contributed by atoms with van der Waals surface area (Å²) in [5.41, 5.74) is 33.6. The zero-order valence-corrected chi connectivity index (χ0v) is 74.3. The molecule has 0 aliphatic carbocycles. The predicted octanol–water partition coefficient (Wildman–Crippen LogP) is 36.0. The Morgan fingerprint density at radius 1 is 0.0956 bits per heavy atom. The Morgan fingerprint density at radius 2 is 0.338 bits per heavy atom. The maximum absolute atomic E-state index is 2.43. The van der Waals surface area contributed by atoms with Crippen LogP contribution in [0, 0.1) is 0 Å². The van der Waals surface area contributed by atoms with E-state index in [9.17, 15) is 0 Å². The van der Waals surface area contributed by atoms with Crippen LogP contribution in [0.3, 0.4) is 0 Å². The van der Waals surface area contributed by atoms with Crippen LogP contribution in [-0.4, -0.2) is 18.3 Å². The van der Waals surface area contributed by atoms with Crippen molar-refractivity contribution in [3.63, 3.8) is 0 Å². The van der Waals surface area contributed by atoms with Crippen LogP contribution in [0.4, 0.5) is 0 Å². The Bertz CT molecular complexity index is 9670. The van der Waals surface area contributed by atoms with Crippen LogP contribution in [-0.2, 0) is 0 Å². The van der Waals surface area contributed by atoms with Crippen molar-refractivity contribution in [2.75, 3.05) is 0 Å². The number of benzene rings is 24. The molecule has 0 radical (unpaired) electrons. The number of fused-ring (bicyclic) bond motifs is 22. The molecule has 0 saturated heterocycles. The van der Waals surface area contributed by atoms with Crippen LogP contribution in [0.5, 0.6) is 0 Å². The molecular formula is C132H84N4. The molecule has 0 atom stereocenters. The van der Waals surface area contributed by atoms with Crippen LogP contribution in [0.15, 0.2) is 510 Å². The average molecular weight is 1730 g/mol. The first kappa shape index (κ1) is 77.9. The molecule has 136 heavy (non-hydrogen) atoms. The number of rotatable bonds is 12. The van der Waals surface area contributed by atoms with Gasteiger partial charge in [-0.15, -0.1) is 0 Å². The van der Waals surface area contributed by atoms with E-state index in [-0.39, 0.29) is 0 Å². The Balaban J connectivity index is 0.000000138. The summed E-state index contributed by atoms with van der Waals surface area (Å²) in [6, 6.07) is 187. The molecule has 0 aliphatic rings. The van der Waals surface area contributed by atoms with Crippen LogP contribution in [0.25, 0.3) is 264 Å². The normalized spacial score (nSPS) is 11.8. The van der Waals surface area contributed by atoms with E-state index in [2.05, 4.69) is 528 Å². The van der Waals surface area contributed by atoms with Gasteiger partial charge in [0.25, 0.3) is 0 Å². The summed E-state index contributed by atoms with van der Waals surface area (Å²) in [4.78, 5) is 0. The van der Waals surface area contributed by atoms with Crippen molar-refractivity contribution >= 4 is 152 Å². The van der Waals surface area contributed by atoms with Gasteiger partial charge in [0.15, 0.2) is 0 Å². The van der Waals surface area contributed by atoms with Crippen molar-refractivity contribution in [2.24, 2.45) is 0 Å². The highest BCUT2D eigenvalue weighted by Gasteiger charge is 2.23. The zero-order valence-electron chi connectivity index (χ0n) is 74.3. The summed E-state index contributed by atoms with van der Waals surface area (Å²) in [7, 11) is 0. The van der Waals surface area contributed by atoms with Crippen molar-refractivity contribution in [1.29, 1.82) is 0 Å². The van der Waals surface area contributed by atoms with E-state index in [1.165, 1.54) is 241 Å². The van der Waals surface area contributed by atoms with E-state index in [1.54, 1.807) is 0 Å². The summed E-state index contributed by atoms with van der Waals surface area (Å²) >= 11 is 0. The molecule has 0 spiro atoms. The van der Waals surface area contributed by atoms with Crippen molar-refractivity contribution < 1.29 is 0 Å². The second-order valence-corrected chi connectivity index (χ2v) is 36.2. The number of hydrogen-bond donors (Lipinski definition) is 0. The molecule has 0 saturated carbocycles. The van der Waals surface area contributed by atoms with E-state index >= 15 is 0 Å². The Hall–Kier alpha value is -18.0. The van der Waals surface area contributed by atoms with Gasteiger partial charge in [-0.2, -0.15) is 0 Å². The fourth-order valence-electron chi connectivity index (χ4n) is 22.0. The molecular weight excluding hydrogens is 1640 g/mol. The maximum atomic E-state index is 2.43. The maximum Gasteiger partial charge on any atom is 0.0541 e. The van der Waals surface area contributed by atoms with E-state index in [4.69, 9.17) is 0 Å². The minimum Gasteiger partial charge on any atom is -0.309 e. The standard InChI is InChI=1S/2C66H42N2/c1-2-11-43(12-3-1)44-21-23-45(24-22-44)46-25-32-53(33-26-46)67-63-19-8-6-17-59(63)61-41-50(30-37-65(61)67)51-31-38-66-62(42-51)60-18-7-9-20-64(60)68(66)54-15-10-14-48(40-54)49-28-34-56-52(39-49)29-36-57-55-16-5-4-13-47(55)27-35-58(56)57;1-2-12-43(13-3-1)44-22-24-45(25-23-44)46-26-33-51(34-27-46)67-63-20-10-8-18-57(63)61-40-49(31-38-65(61)67)50-32-39-66-62(41-50)58-19-9-11-21-64(58)68(66)52-35-28-48(29-36-52)59-42-60-53-15-5-4-14-47(53)30-37-56(60)54-16-6-7-17-55(54)59/h2*1-42H. The lowest BCUT2D eigenvalue weighted by Gasteiger charge is -2.14. The second kappa shape index (κ2) is 32.0. The summed E-state index contributed by atoms with van der Waals surface area (Å²) in [5, 5.41) is 25.3. The number of aromatic nitrogens is 4. The summed E-state index contributed by atoms with van der Waals surface area (Å²) in [5.74, 6) is 0. The summed E-state index contributed by atoms with van der Waals surface area (Å²) in [6.45, 7) is 0. The van der Waals surface area contributed by atoms with Crippen molar-refractivity contribution in [3.05, 3.63) is 510 Å². The van der Waals surface area contributed by atoms with Gasteiger partial charge < -0.3 is 18.3 Å². The lowest BCUT2D eigenvalue weighted by atomic mass is 9.91. The SMILES string of the molecule is c1ccc(-c2ccc(-c3ccc(-n4c5ccccc5c5cc(-c6ccc7c(c6)c6ccccc6n7-c6ccc(-c7cc8c9ccccc9ccc8c8ccccc78)cc6)ccc54)cc3)cc2)cc1.c1ccc(-c2ccc(-c3ccc(-n4c5ccccc5c5cc(-c6ccc7c(c6)c6ccccc6n7-c6cccc(-c7ccc8c(ccc9c%10ccccc%10ccc89)c7)c6)ccc54)cc3)cc2)cc1. The molecule has 24 aromatic carbocycles. The van der Waals surface area contributed by atoms with Crippen molar-refractivity contribution in [2.45, 2.75) is 0 Å². The van der Waals surface area contributed by atoms with Crippen LogP contribution in [0.1, 0.15) is 0 Å². The summed E-state index contributed by atoms with van der Waals surface area (Å²) in [6.07, 6.45) is 0. The first-order valence-electron chi connectivity index (χ1n) is 47.0. The van der Waals surface area contributed by atoms with Crippen LogP contribution >= 0.6 is 0 Å². The highest BCUT2D eigenvalue weighted by Crippen LogP contribution is 2.46. The van der Waals surface area contributed by atoms with E-state index < -0.39 is 0 Å². The van der Waals surface area contributed by atoms with Gasteiger partial charge in [-0.25, -0.2) is 0 Å². The molecule has 28 aromatic rings. The predicted molar refractivity (Wildman–Crippen MR) is 579 cm³/mol.